The van der Waals surface area contributed by atoms with Crippen molar-refractivity contribution in [3.8, 4) is 0 Å². The SMILES string of the molecule is CC(C)C1CCCC(C)C1C.O. The van der Waals surface area contributed by atoms with Crippen LogP contribution in [0, 0.1) is 23.7 Å². The van der Waals surface area contributed by atoms with Gasteiger partial charge in [0, 0.05) is 0 Å². The molecule has 0 saturated heterocycles. The van der Waals surface area contributed by atoms with Crippen molar-refractivity contribution in [2.24, 2.45) is 23.7 Å². The molecule has 12 heavy (non-hydrogen) atoms. The molecule has 3 atom stereocenters. The smallest absolute Gasteiger partial charge is 0.0363 e. The average Bonchev–Trinajstić information content (AvgIpc) is 1.94. The second-order valence-corrected chi connectivity index (χ2v) is 4.68. The molecule has 1 rings (SSSR count). The van der Waals surface area contributed by atoms with Crippen molar-refractivity contribution in [1.29, 1.82) is 0 Å². The lowest BCUT2D eigenvalue weighted by Crippen LogP contribution is -2.27. The van der Waals surface area contributed by atoms with Gasteiger partial charge in [0.2, 0.25) is 0 Å². The molecule has 0 aliphatic heterocycles. The van der Waals surface area contributed by atoms with Gasteiger partial charge in [0.1, 0.15) is 0 Å². The van der Waals surface area contributed by atoms with E-state index in [4.69, 9.17) is 0 Å². The molecule has 0 heterocycles. The fourth-order valence-electron chi connectivity index (χ4n) is 2.56. The maximum Gasteiger partial charge on any atom is -0.0363 e. The van der Waals surface area contributed by atoms with Crippen molar-refractivity contribution in [3.05, 3.63) is 0 Å². The molecule has 1 aliphatic rings. The molecule has 0 bridgehead atoms. The summed E-state index contributed by atoms with van der Waals surface area (Å²) in [5.74, 6) is 3.83. The second kappa shape index (κ2) is 4.86. The Kier molecular flexibility index (Phi) is 4.84. The Morgan fingerprint density at radius 1 is 1.08 bits per heavy atom. The first-order valence-corrected chi connectivity index (χ1v) is 5.13. The molecule has 2 N–H and O–H groups in total. The molecule has 0 aromatic carbocycles. The Morgan fingerprint density at radius 2 is 1.67 bits per heavy atom. The molecule has 0 aromatic heterocycles. The van der Waals surface area contributed by atoms with Crippen LogP contribution in [0.15, 0.2) is 0 Å². The van der Waals surface area contributed by atoms with Crippen molar-refractivity contribution in [3.63, 3.8) is 0 Å². The van der Waals surface area contributed by atoms with Crippen LogP contribution in [-0.2, 0) is 0 Å². The van der Waals surface area contributed by atoms with Crippen molar-refractivity contribution in [2.45, 2.75) is 47.0 Å². The van der Waals surface area contributed by atoms with Gasteiger partial charge in [-0.05, 0) is 30.1 Å². The Bertz CT molecular complexity index is 120. The van der Waals surface area contributed by atoms with Crippen LogP contribution >= 0.6 is 0 Å². The van der Waals surface area contributed by atoms with Gasteiger partial charge in [-0.2, -0.15) is 0 Å². The predicted octanol–water partition coefficient (Wildman–Crippen LogP) is 2.89. The first kappa shape index (κ1) is 12.0. The van der Waals surface area contributed by atoms with Gasteiger partial charge in [-0.25, -0.2) is 0 Å². The van der Waals surface area contributed by atoms with E-state index < -0.39 is 0 Å². The first-order chi connectivity index (χ1) is 5.13. The highest BCUT2D eigenvalue weighted by molar-refractivity contribution is 4.78. The summed E-state index contributed by atoms with van der Waals surface area (Å²) in [4.78, 5) is 0. The first-order valence-electron chi connectivity index (χ1n) is 5.13. The zero-order chi connectivity index (χ0) is 8.43. The zero-order valence-electron chi connectivity index (χ0n) is 8.93. The lowest BCUT2D eigenvalue weighted by atomic mass is 9.69. The monoisotopic (exact) mass is 172 g/mol. The van der Waals surface area contributed by atoms with Gasteiger partial charge < -0.3 is 5.48 Å². The fourth-order valence-corrected chi connectivity index (χ4v) is 2.56. The summed E-state index contributed by atoms with van der Waals surface area (Å²) in [6.45, 7) is 9.60. The minimum Gasteiger partial charge on any atom is -0.412 e. The molecule has 1 fully saturated rings. The van der Waals surface area contributed by atoms with E-state index in [-0.39, 0.29) is 5.48 Å². The van der Waals surface area contributed by atoms with Gasteiger partial charge in [-0.15, -0.1) is 0 Å². The van der Waals surface area contributed by atoms with E-state index in [1.54, 1.807) is 0 Å². The van der Waals surface area contributed by atoms with Gasteiger partial charge in [0.15, 0.2) is 0 Å². The highest BCUT2D eigenvalue weighted by atomic mass is 16.0. The van der Waals surface area contributed by atoms with E-state index in [1.165, 1.54) is 19.3 Å². The molecule has 0 radical (unpaired) electrons. The van der Waals surface area contributed by atoms with Gasteiger partial charge in [0.05, 0.1) is 0 Å². The van der Waals surface area contributed by atoms with Gasteiger partial charge >= 0.3 is 0 Å². The summed E-state index contributed by atoms with van der Waals surface area (Å²) < 4.78 is 0. The highest BCUT2D eigenvalue weighted by Crippen LogP contribution is 2.38. The highest BCUT2D eigenvalue weighted by Gasteiger charge is 2.28. The molecule has 74 valence electrons. The van der Waals surface area contributed by atoms with Crippen LogP contribution in [0.3, 0.4) is 0 Å². The predicted molar refractivity (Wildman–Crippen MR) is 54.1 cm³/mol. The van der Waals surface area contributed by atoms with E-state index in [9.17, 15) is 0 Å². The number of hydrogen-bond donors (Lipinski definition) is 0. The van der Waals surface area contributed by atoms with Crippen molar-refractivity contribution in [2.75, 3.05) is 0 Å². The minimum absolute atomic E-state index is 0. The summed E-state index contributed by atoms with van der Waals surface area (Å²) in [7, 11) is 0. The van der Waals surface area contributed by atoms with E-state index in [0.29, 0.717) is 0 Å². The Hall–Kier alpha value is -0.0400. The van der Waals surface area contributed by atoms with Gasteiger partial charge in [-0.1, -0.05) is 40.5 Å². The van der Waals surface area contributed by atoms with E-state index in [2.05, 4.69) is 27.7 Å². The van der Waals surface area contributed by atoms with Gasteiger partial charge in [-0.3, -0.25) is 0 Å². The van der Waals surface area contributed by atoms with Crippen LogP contribution in [0.25, 0.3) is 0 Å². The molecule has 1 aliphatic carbocycles. The van der Waals surface area contributed by atoms with Crippen molar-refractivity contribution >= 4 is 0 Å². The van der Waals surface area contributed by atoms with E-state index in [0.717, 1.165) is 23.7 Å². The van der Waals surface area contributed by atoms with Crippen LogP contribution in [0.4, 0.5) is 0 Å². The maximum absolute atomic E-state index is 2.44. The summed E-state index contributed by atoms with van der Waals surface area (Å²) in [5.41, 5.74) is 0. The molecule has 0 aromatic rings. The summed E-state index contributed by atoms with van der Waals surface area (Å²) >= 11 is 0. The van der Waals surface area contributed by atoms with Crippen LogP contribution in [0.2, 0.25) is 0 Å². The largest absolute Gasteiger partial charge is 0.412 e. The Balaban J connectivity index is 0.00000121. The Morgan fingerprint density at radius 3 is 2.08 bits per heavy atom. The fraction of sp³-hybridized carbons (Fsp3) is 1.00. The third-order valence-corrected chi connectivity index (χ3v) is 3.63. The third kappa shape index (κ3) is 2.48. The lowest BCUT2D eigenvalue weighted by Gasteiger charge is -2.36. The topological polar surface area (TPSA) is 31.5 Å². The second-order valence-electron chi connectivity index (χ2n) is 4.68. The quantitative estimate of drug-likeness (QED) is 0.582. The normalized spacial score (nSPS) is 36.2. The number of rotatable bonds is 1. The maximum atomic E-state index is 2.44. The summed E-state index contributed by atoms with van der Waals surface area (Å²) in [5, 5.41) is 0. The minimum atomic E-state index is 0. The van der Waals surface area contributed by atoms with Crippen molar-refractivity contribution < 1.29 is 5.48 Å². The zero-order valence-corrected chi connectivity index (χ0v) is 8.93. The van der Waals surface area contributed by atoms with Crippen LogP contribution < -0.4 is 0 Å². The standard InChI is InChI=1S/C11H22.H2O/c1-8(2)11-7-5-6-9(3)10(11)4;/h8-11H,5-7H2,1-4H3;1H2. The average molecular weight is 172 g/mol. The summed E-state index contributed by atoms with van der Waals surface area (Å²) in [6.07, 6.45) is 4.40. The van der Waals surface area contributed by atoms with E-state index in [1.807, 2.05) is 0 Å². The van der Waals surface area contributed by atoms with Crippen LogP contribution in [-0.4, -0.2) is 5.48 Å². The van der Waals surface area contributed by atoms with E-state index >= 15 is 0 Å². The molecular weight excluding hydrogens is 148 g/mol. The van der Waals surface area contributed by atoms with Crippen molar-refractivity contribution in [1.82, 2.24) is 0 Å². The molecule has 1 heteroatoms. The van der Waals surface area contributed by atoms with Crippen LogP contribution in [0.1, 0.15) is 47.0 Å². The Labute approximate surface area is 76.9 Å². The van der Waals surface area contributed by atoms with Crippen LogP contribution in [0.5, 0.6) is 0 Å². The molecule has 1 nitrogen and oxygen atoms in total. The van der Waals surface area contributed by atoms with Gasteiger partial charge in [0.25, 0.3) is 0 Å². The molecule has 3 unspecified atom stereocenters. The third-order valence-electron chi connectivity index (χ3n) is 3.63. The molecule has 0 spiro atoms. The molecule has 1 saturated carbocycles. The number of hydrogen-bond acceptors (Lipinski definition) is 0. The summed E-state index contributed by atoms with van der Waals surface area (Å²) in [6, 6.07) is 0. The molecular formula is C11H24O. The molecule has 0 amide bonds. The lowest BCUT2D eigenvalue weighted by molar-refractivity contribution is 0.139.